The van der Waals surface area contributed by atoms with Gasteiger partial charge in [0.25, 0.3) is 5.56 Å². The van der Waals surface area contributed by atoms with Gasteiger partial charge in [-0.3, -0.25) is 14.2 Å². The van der Waals surface area contributed by atoms with Crippen LogP contribution in [0.4, 0.5) is 5.69 Å². The van der Waals surface area contributed by atoms with Crippen LogP contribution in [0.3, 0.4) is 0 Å². The molecule has 26 heavy (non-hydrogen) atoms. The highest BCUT2D eigenvalue weighted by atomic mass is 32.2. The molecule has 1 aromatic carbocycles. The minimum Gasteiger partial charge on any atom is -0.315 e. The lowest BCUT2D eigenvalue weighted by molar-refractivity contribution is -0.117. The molecule has 7 heteroatoms. The van der Waals surface area contributed by atoms with E-state index in [2.05, 4.69) is 11.6 Å². The molecule has 0 N–H and O–H groups in total. The Labute approximate surface area is 160 Å². The van der Waals surface area contributed by atoms with Gasteiger partial charge in [-0.15, -0.1) is 17.9 Å². The molecule has 2 aromatic heterocycles. The molecule has 3 aromatic rings. The second-order valence-corrected chi connectivity index (χ2v) is 7.93. The van der Waals surface area contributed by atoms with Gasteiger partial charge in [-0.05, 0) is 30.5 Å². The van der Waals surface area contributed by atoms with E-state index in [4.69, 9.17) is 0 Å². The van der Waals surface area contributed by atoms with Crippen molar-refractivity contribution in [3.05, 3.63) is 64.8 Å². The van der Waals surface area contributed by atoms with E-state index in [1.807, 2.05) is 42.6 Å². The largest absolute Gasteiger partial charge is 0.315 e. The van der Waals surface area contributed by atoms with Crippen LogP contribution in [0.2, 0.25) is 0 Å². The average Bonchev–Trinajstić information content (AvgIpc) is 3.13. The summed E-state index contributed by atoms with van der Waals surface area (Å²) in [5.41, 5.74) is 0.727. The predicted molar refractivity (Wildman–Crippen MR) is 109 cm³/mol. The number of amides is 1. The van der Waals surface area contributed by atoms with Gasteiger partial charge in [0.05, 0.1) is 10.6 Å². The second-order valence-electron chi connectivity index (χ2n) is 5.73. The summed E-state index contributed by atoms with van der Waals surface area (Å²) in [5, 5.41) is 2.60. The van der Waals surface area contributed by atoms with Crippen LogP contribution in [0.1, 0.15) is 6.92 Å². The third kappa shape index (κ3) is 3.59. The van der Waals surface area contributed by atoms with Crippen LogP contribution in [0.25, 0.3) is 10.2 Å². The Bertz CT molecular complexity index is 995. The highest BCUT2D eigenvalue weighted by Gasteiger charge is 2.23. The summed E-state index contributed by atoms with van der Waals surface area (Å²) in [6, 6.07) is 11.3. The van der Waals surface area contributed by atoms with Gasteiger partial charge in [0.1, 0.15) is 4.83 Å². The zero-order valence-electron chi connectivity index (χ0n) is 14.6. The lowest BCUT2D eigenvalue weighted by atomic mass is 10.3. The quantitative estimate of drug-likeness (QED) is 0.368. The number of thiophene rings is 1. The van der Waals surface area contributed by atoms with E-state index in [-0.39, 0.29) is 16.7 Å². The zero-order chi connectivity index (χ0) is 18.7. The molecule has 134 valence electrons. The molecule has 0 saturated carbocycles. The zero-order valence-corrected chi connectivity index (χ0v) is 16.2. The number of thioether (sulfide) groups is 1. The van der Waals surface area contributed by atoms with Crippen LogP contribution in [0.15, 0.2) is 64.4 Å². The smallest absolute Gasteiger partial charge is 0.263 e. The van der Waals surface area contributed by atoms with Crippen molar-refractivity contribution in [1.82, 2.24) is 9.55 Å². The number of fused-ring (bicyclic) bond motifs is 1. The normalized spacial score (nSPS) is 12.1. The summed E-state index contributed by atoms with van der Waals surface area (Å²) in [6.45, 7) is 5.90. The summed E-state index contributed by atoms with van der Waals surface area (Å²) < 4.78 is 1.57. The molecule has 2 heterocycles. The standard InChI is InChI=1S/C19H19N3O2S2/c1-4-11-22-18(24)15-10-12-25-16(15)20-19(22)26-13(2)17(23)21(3)14-8-6-5-7-9-14/h4-10,12-13H,1,11H2,2-3H3. The molecular weight excluding hydrogens is 366 g/mol. The maximum atomic E-state index is 12.8. The molecular formula is C19H19N3O2S2. The van der Waals surface area contributed by atoms with Crippen molar-refractivity contribution in [2.75, 3.05) is 11.9 Å². The molecule has 0 aliphatic carbocycles. The number of carbonyl (C=O) groups excluding carboxylic acids is 1. The topological polar surface area (TPSA) is 55.2 Å². The summed E-state index contributed by atoms with van der Waals surface area (Å²) in [6.07, 6.45) is 1.66. The summed E-state index contributed by atoms with van der Waals surface area (Å²) in [4.78, 5) is 32.4. The lowest BCUT2D eigenvalue weighted by Gasteiger charge is -2.21. The first kappa shape index (κ1) is 18.4. The van der Waals surface area contributed by atoms with E-state index in [1.54, 1.807) is 28.7 Å². The van der Waals surface area contributed by atoms with Crippen LogP contribution >= 0.6 is 23.1 Å². The maximum Gasteiger partial charge on any atom is 0.263 e. The van der Waals surface area contributed by atoms with Crippen molar-refractivity contribution >= 4 is 44.9 Å². The number of para-hydroxylation sites is 1. The van der Waals surface area contributed by atoms with Gasteiger partial charge >= 0.3 is 0 Å². The number of allylic oxidation sites excluding steroid dienone is 1. The van der Waals surface area contributed by atoms with Gasteiger partial charge in [0, 0.05) is 19.3 Å². The Morgan fingerprint density at radius 3 is 2.81 bits per heavy atom. The van der Waals surface area contributed by atoms with Crippen molar-refractivity contribution in [2.24, 2.45) is 0 Å². The van der Waals surface area contributed by atoms with Gasteiger partial charge in [0.15, 0.2) is 5.16 Å². The van der Waals surface area contributed by atoms with Crippen LogP contribution < -0.4 is 10.5 Å². The Morgan fingerprint density at radius 1 is 1.38 bits per heavy atom. The lowest BCUT2D eigenvalue weighted by Crippen LogP contribution is -2.34. The molecule has 0 aliphatic heterocycles. The molecule has 3 rings (SSSR count). The molecule has 0 radical (unpaired) electrons. The van der Waals surface area contributed by atoms with E-state index >= 15 is 0 Å². The second kappa shape index (κ2) is 7.88. The van der Waals surface area contributed by atoms with E-state index in [0.29, 0.717) is 21.9 Å². The van der Waals surface area contributed by atoms with Crippen molar-refractivity contribution < 1.29 is 4.79 Å². The Balaban J connectivity index is 1.90. The number of hydrogen-bond acceptors (Lipinski definition) is 5. The van der Waals surface area contributed by atoms with Crippen molar-refractivity contribution in [3.63, 3.8) is 0 Å². The van der Waals surface area contributed by atoms with Gasteiger partial charge in [0.2, 0.25) is 5.91 Å². The van der Waals surface area contributed by atoms with Crippen molar-refractivity contribution in [2.45, 2.75) is 23.9 Å². The maximum absolute atomic E-state index is 12.8. The molecule has 1 unspecified atom stereocenters. The van der Waals surface area contributed by atoms with Crippen LogP contribution in [-0.2, 0) is 11.3 Å². The minimum atomic E-state index is -0.388. The number of rotatable bonds is 6. The van der Waals surface area contributed by atoms with Gasteiger partial charge < -0.3 is 4.90 Å². The van der Waals surface area contributed by atoms with Gasteiger partial charge in [-0.2, -0.15) is 0 Å². The molecule has 0 aliphatic rings. The number of anilines is 1. The summed E-state index contributed by atoms with van der Waals surface area (Å²) in [5.74, 6) is -0.0492. The first-order valence-electron chi connectivity index (χ1n) is 8.11. The first-order chi connectivity index (χ1) is 12.5. The fourth-order valence-electron chi connectivity index (χ4n) is 2.57. The van der Waals surface area contributed by atoms with Crippen LogP contribution in [0.5, 0.6) is 0 Å². The number of nitrogens with zero attached hydrogens (tertiary/aromatic N) is 3. The molecule has 0 bridgehead atoms. The Kier molecular flexibility index (Phi) is 5.58. The van der Waals surface area contributed by atoms with E-state index in [1.165, 1.54) is 23.1 Å². The van der Waals surface area contributed by atoms with E-state index in [0.717, 1.165) is 5.69 Å². The predicted octanol–water partition coefficient (Wildman–Crippen LogP) is 3.79. The number of aromatic nitrogens is 2. The Hall–Kier alpha value is -2.38. The third-order valence-corrected chi connectivity index (χ3v) is 5.85. The first-order valence-corrected chi connectivity index (χ1v) is 9.87. The molecule has 1 atom stereocenters. The highest BCUT2D eigenvalue weighted by Crippen LogP contribution is 2.26. The average molecular weight is 386 g/mol. The molecule has 0 saturated heterocycles. The molecule has 0 spiro atoms. The Morgan fingerprint density at radius 2 is 2.12 bits per heavy atom. The minimum absolute atomic E-state index is 0.0492. The van der Waals surface area contributed by atoms with Crippen LogP contribution in [0, 0.1) is 0 Å². The van der Waals surface area contributed by atoms with Crippen molar-refractivity contribution in [1.29, 1.82) is 0 Å². The van der Waals surface area contributed by atoms with Crippen LogP contribution in [-0.4, -0.2) is 27.8 Å². The third-order valence-electron chi connectivity index (χ3n) is 3.96. The summed E-state index contributed by atoms with van der Waals surface area (Å²) >= 11 is 2.72. The van der Waals surface area contributed by atoms with Crippen molar-refractivity contribution in [3.8, 4) is 0 Å². The van der Waals surface area contributed by atoms with E-state index < -0.39 is 0 Å². The fourth-order valence-corrected chi connectivity index (χ4v) is 4.39. The SMILES string of the molecule is C=CCn1c(SC(C)C(=O)N(C)c2ccccc2)nc2sccc2c1=O. The van der Waals surface area contributed by atoms with Gasteiger partial charge in [-0.25, -0.2) is 4.98 Å². The summed E-state index contributed by atoms with van der Waals surface area (Å²) in [7, 11) is 1.75. The van der Waals surface area contributed by atoms with Gasteiger partial charge in [-0.1, -0.05) is 36.0 Å². The molecule has 1 amide bonds. The monoisotopic (exact) mass is 385 g/mol. The number of carbonyl (C=O) groups is 1. The number of benzene rings is 1. The molecule has 5 nitrogen and oxygen atoms in total. The number of hydrogen-bond donors (Lipinski definition) is 0. The van der Waals surface area contributed by atoms with E-state index in [9.17, 15) is 9.59 Å². The fraction of sp³-hybridized carbons (Fsp3) is 0.211. The molecule has 0 fully saturated rings. The highest BCUT2D eigenvalue weighted by molar-refractivity contribution is 8.00.